The summed E-state index contributed by atoms with van der Waals surface area (Å²) >= 11 is 0. The van der Waals surface area contributed by atoms with Gasteiger partial charge in [-0.05, 0) is 24.6 Å². The minimum absolute atomic E-state index is 0. The van der Waals surface area contributed by atoms with Crippen molar-refractivity contribution < 1.29 is 4.79 Å². The summed E-state index contributed by atoms with van der Waals surface area (Å²) in [7, 11) is 1.51. The van der Waals surface area contributed by atoms with Crippen LogP contribution >= 0.6 is 12.4 Å². The number of benzene rings is 1. The number of carbonyl (C=O) groups is 1. The van der Waals surface area contributed by atoms with Crippen molar-refractivity contribution in [3.8, 4) is 0 Å². The van der Waals surface area contributed by atoms with Crippen molar-refractivity contribution in [2.45, 2.75) is 6.92 Å². The molecule has 0 atom stereocenters. The topological polar surface area (TPSA) is 83.3 Å². The molecular weight excluding hydrogens is 276 g/mol. The lowest BCUT2D eigenvalue weighted by Gasteiger charge is -2.00. The molecule has 0 saturated heterocycles. The number of aromatic amines is 1. The predicted octanol–water partition coefficient (Wildman–Crippen LogP) is 2.30. The summed E-state index contributed by atoms with van der Waals surface area (Å²) < 4.78 is 0. The minimum atomic E-state index is -0.313. The number of halogens is 1. The molecule has 1 aromatic carbocycles. The fraction of sp³-hybridized carbons (Fsp3) is 0.143. The van der Waals surface area contributed by atoms with E-state index in [9.17, 15) is 4.79 Å². The first-order valence-corrected chi connectivity index (χ1v) is 5.84. The van der Waals surface area contributed by atoms with Crippen LogP contribution in [-0.2, 0) is 0 Å². The first-order chi connectivity index (χ1) is 9.02. The number of guanidine groups is 1. The van der Waals surface area contributed by atoms with Crippen LogP contribution < -0.4 is 11.1 Å². The standard InChI is InChI=1S/C14H16N4O.ClH/c1-8(2)9-5-4-6-11-10(9)7-12(17-11)13(19)18-14(15)16-3;/h4-7,17H,1H2,2-3H3,(H3,15,16,18,19);1H. The molecule has 20 heavy (non-hydrogen) atoms. The molecule has 0 spiro atoms. The zero-order valence-corrected chi connectivity index (χ0v) is 12.2. The Morgan fingerprint density at radius 1 is 1.45 bits per heavy atom. The molecule has 0 unspecified atom stereocenters. The smallest absolute Gasteiger partial charge is 0.274 e. The minimum Gasteiger partial charge on any atom is -0.370 e. The highest BCUT2D eigenvalue weighted by atomic mass is 35.5. The molecule has 6 heteroatoms. The number of amides is 1. The van der Waals surface area contributed by atoms with Crippen molar-refractivity contribution in [2.24, 2.45) is 10.7 Å². The van der Waals surface area contributed by atoms with Crippen LogP contribution in [0.4, 0.5) is 0 Å². The van der Waals surface area contributed by atoms with E-state index in [0.29, 0.717) is 5.69 Å². The Bertz CT molecular complexity index is 688. The van der Waals surface area contributed by atoms with Crippen LogP contribution in [0.15, 0.2) is 35.8 Å². The predicted molar refractivity (Wildman–Crippen MR) is 85.3 cm³/mol. The van der Waals surface area contributed by atoms with Gasteiger partial charge in [-0.3, -0.25) is 15.1 Å². The first-order valence-electron chi connectivity index (χ1n) is 5.84. The summed E-state index contributed by atoms with van der Waals surface area (Å²) in [5.74, 6) is -0.226. The van der Waals surface area contributed by atoms with Gasteiger partial charge < -0.3 is 10.7 Å². The molecular formula is C14H17ClN4O. The molecule has 5 nitrogen and oxygen atoms in total. The van der Waals surface area contributed by atoms with E-state index in [1.54, 1.807) is 6.07 Å². The van der Waals surface area contributed by atoms with Gasteiger partial charge in [-0.15, -0.1) is 12.4 Å². The summed E-state index contributed by atoms with van der Waals surface area (Å²) in [4.78, 5) is 18.7. The van der Waals surface area contributed by atoms with Crippen molar-refractivity contribution >= 4 is 40.7 Å². The maximum absolute atomic E-state index is 11.9. The SMILES string of the molecule is C=C(C)c1cccc2[nH]c(C(=O)NC(N)=NC)cc12.Cl. The van der Waals surface area contributed by atoms with E-state index in [4.69, 9.17) is 5.73 Å². The number of carbonyl (C=O) groups excluding carboxylic acids is 1. The average molecular weight is 293 g/mol. The Labute approximate surface area is 123 Å². The van der Waals surface area contributed by atoms with Crippen LogP contribution in [0.2, 0.25) is 0 Å². The maximum atomic E-state index is 11.9. The van der Waals surface area contributed by atoms with E-state index in [1.807, 2.05) is 25.1 Å². The number of aliphatic imine (C=N–C) groups is 1. The second-order valence-corrected chi connectivity index (χ2v) is 4.29. The molecule has 2 rings (SSSR count). The number of H-pyrrole nitrogens is 1. The lowest BCUT2D eigenvalue weighted by atomic mass is 10.0. The Morgan fingerprint density at radius 3 is 2.75 bits per heavy atom. The molecule has 1 heterocycles. The Kier molecular flexibility index (Phi) is 4.94. The monoisotopic (exact) mass is 292 g/mol. The fourth-order valence-electron chi connectivity index (χ4n) is 1.89. The molecule has 0 aliphatic rings. The lowest BCUT2D eigenvalue weighted by Crippen LogP contribution is -2.36. The van der Waals surface area contributed by atoms with Gasteiger partial charge in [-0.25, -0.2) is 0 Å². The number of rotatable bonds is 2. The third-order valence-corrected chi connectivity index (χ3v) is 2.85. The van der Waals surface area contributed by atoms with Gasteiger partial charge in [0.1, 0.15) is 5.69 Å². The zero-order chi connectivity index (χ0) is 14.0. The highest BCUT2D eigenvalue weighted by Gasteiger charge is 2.12. The average Bonchev–Trinajstić information content (AvgIpc) is 2.81. The molecule has 0 fully saturated rings. The summed E-state index contributed by atoms with van der Waals surface area (Å²) in [5, 5.41) is 3.46. The lowest BCUT2D eigenvalue weighted by molar-refractivity contribution is 0.0972. The fourth-order valence-corrected chi connectivity index (χ4v) is 1.89. The number of nitrogens with one attached hydrogen (secondary N) is 2. The number of nitrogens with two attached hydrogens (primary N) is 1. The Balaban J connectivity index is 0.00000200. The number of hydrogen-bond acceptors (Lipinski definition) is 2. The molecule has 0 aliphatic carbocycles. The van der Waals surface area contributed by atoms with Crippen LogP contribution in [0.3, 0.4) is 0 Å². The molecule has 106 valence electrons. The van der Waals surface area contributed by atoms with Crippen molar-refractivity contribution in [1.82, 2.24) is 10.3 Å². The maximum Gasteiger partial charge on any atom is 0.274 e. The highest BCUT2D eigenvalue weighted by Crippen LogP contribution is 2.24. The number of hydrogen-bond donors (Lipinski definition) is 3. The van der Waals surface area contributed by atoms with Crippen LogP contribution in [0, 0.1) is 0 Å². The van der Waals surface area contributed by atoms with Crippen molar-refractivity contribution in [2.75, 3.05) is 7.05 Å². The molecule has 1 amide bonds. The van der Waals surface area contributed by atoms with E-state index in [1.165, 1.54) is 7.05 Å². The third-order valence-electron chi connectivity index (χ3n) is 2.85. The van der Waals surface area contributed by atoms with E-state index in [-0.39, 0.29) is 24.3 Å². The van der Waals surface area contributed by atoms with Gasteiger partial charge in [0, 0.05) is 18.0 Å². The summed E-state index contributed by atoms with van der Waals surface area (Å²) in [6.07, 6.45) is 0. The van der Waals surface area contributed by atoms with Gasteiger partial charge in [0.25, 0.3) is 5.91 Å². The summed E-state index contributed by atoms with van der Waals surface area (Å²) in [5.41, 5.74) is 8.77. The Hall–Kier alpha value is -2.27. The van der Waals surface area contributed by atoms with Gasteiger partial charge in [0.05, 0.1) is 0 Å². The molecule has 0 bridgehead atoms. The van der Waals surface area contributed by atoms with E-state index in [2.05, 4.69) is 21.9 Å². The summed E-state index contributed by atoms with van der Waals surface area (Å²) in [6, 6.07) is 7.60. The van der Waals surface area contributed by atoms with Crippen LogP contribution in [0.25, 0.3) is 16.5 Å². The van der Waals surface area contributed by atoms with Gasteiger partial charge in [0.15, 0.2) is 5.96 Å². The zero-order valence-electron chi connectivity index (χ0n) is 11.4. The molecule has 1 aromatic heterocycles. The Morgan fingerprint density at radius 2 is 2.15 bits per heavy atom. The van der Waals surface area contributed by atoms with Crippen LogP contribution in [0.1, 0.15) is 23.0 Å². The van der Waals surface area contributed by atoms with Crippen LogP contribution in [0.5, 0.6) is 0 Å². The highest BCUT2D eigenvalue weighted by molar-refractivity contribution is 6.07. The second-order valence-electron chi connectivity index (χ2n) is 4.29. The second kappa shape index (κ2) is 6.25. The molecule has 0 radical (unpaired) electrons. The third kappa shape index (κ3) is 3.00. The molecule has 0 aliphatic heterocycles. The molecule has 4 N–H and O–H groups in total. The van der Waals surface area contributed by atoms with Crippen molar-refractivity contribution in [3.05, 3.63) is 42.1 Å². The number of allylic oxidation sites excluding steroid dienone is 1. The first kappa shape index (κ1) is 15.8. The van der Waals surface area contributed by atoms with E-state index >= 15 is 0 Å². The van der Waals surface area contributed by atoms with Gasteiger partial charge in [0.2, 0.25) is 0 Å². The number of aromatic nitrogens is 1. The van der Waals surface area contributed by atoms with Crippen molar-refractivity contribution in [1.29, 1.82) is 0 Å². The van der Waals surface area contributed by atoms with Gasteiger partial charge >= 0.3 is 0 Å². The quantitative estimate of drug-likeness (QED) is 0.586. The van der Waals surface area contributed by atoms with Crippen LogP contribution in [-0.4, -0.2) is 23.9 Å². The number of fused-ring (bicyclic) bond motifs is 1. The van der Waals surface area contributed by atoms with Gasteiger partial charge in [-0.2, -0.15) is 0 Å². The van der Waals surface area contributed by atoms with Gasteiger partial charge in [-0.1, -0.05) is 24.3 Å². The molecule has 0 saturated carbocycles. The van der Waals surface area contributed by atoms with Crippen molar-refractivity contribution in [3.63, 3.8) is 0 Å². The number of nitrogens with zero attached hydrogens (tertiary/aromatic N) is 1. The largest absolute Gasteiger partial charge is 0.370 e. The molecule has 2 aromatic rings. The normalized spacial score (nSPS) is 11.0. The van der Waals surface area contributed by atoms with E-state index < -0.39 is 0 Å². The van der Waals surface area contributed by atoms with E-state index in [0.717, 1.165) is 22.0 Å². The summed E-state index contributed by atoms with van der Waals surface area (Å²) in [6.45, 7) is 5.87.